The zero-order valence-corrected chi connectivity index (χ0v) is 7.58. The maximum atomic E-state index is 11.2. The molecule has 0 saturated heterocycles. The molecule has 14 heavy (non-hydrogen) atoms. The summed E-state index contributed by atoms with van der Waals surface area (Å²) in [4.78, 5) is 22.5. The van der Waals surface area contributed by atoms with E-state index in [1.54, 1.807) is 0 Å². The van der Waals surface area contributed by atoms with Crippen LogP contribution in [0.5, 0.6) is 0 Å². The number of ether oxygens (including phenoxy) is 2. The Kier molecular flexibility index (Phi) is 1.13. The molecule has 0 saturated carbocycles. The maximum absolute atomic E-state index is 11.2. The molecule has 0 rings (SSSR count). The molecule has 0 amide bonds. The minimum Gasteiger partial charge on any atom is -0.419 e. The third kappa shape index (κ3) is 7.54. The fourth-order valence-electron chi connectivity index (χ4n) is 0.464. The molecule has 0 bridgehead atoms. The summed E-state index contributed by atoms with van der Waals surface area (Å²) in [5.74, 6) is -2.91. The molecular formula is C9H18NO4+. The molecule has 5 heteroatoms. The summed E-state index contributed by atoms with van der Waals surface area (Å²) in [6.07, 6.45) is -3.93. The third-order valence-corrected chi connectivity index (χ3v) is 0.732. The monoisotopic (exact) mass is 217 g/mol. The highest BCUT2D eigenvalue weighted by atomic mass is 16.7. The van der Waals surface area contributed by atoms with E-state index < -0.39 is 50.1 Å². The molecule has 0 fully saturated rings. The summed E-state index contributed by atoms with van der Waals surface area (Å²) < 4.78 is 95.8. The molecule has 0 N–H and O–H groups in total. The van der Waals surface area contributed by atoms with Gasteiger partial charge in [-0.2, -0.15) is 0 Å². The van der Waals surface area contributed by atoms with Crippen molar-refractivity contribution < 1.29 is 40.0 Å². The van der Waals surface area contributed by atoms with Crippen molar-refractivity contribution in [1.29, 1.82) is 0 Å². The van der Waals surface area contributed by atoms with Crippen LogP contribution in [0.1, 0.15) is 30.3 Å². The van der Waals surface area contributed by atoms with Crippen molar-refractivity contribution in [2.24, 2.45) is 0 Å². The number of nitrogens with zero attached hydrogens (tertiary/aromatic N) is 1. The second kappa shape index (κ2) is 4.95. The number of carbonyl (C=O) groups is 2. The van der Waals surface area contributed by atoms with Gasteiger partial charge in [0.05, 0.1) is 33.3 Å². The van der Waals surface area contributed by atoms with Crippen LogP contribution in [-0.4, -0.2) is 50.1 Å². The van der Waals surface area contributed by atoms with Gasteiger partial charge in [-0.05, 0) is 0 Å². The first-order valence-corrected chi connectivity index (χ1v) is 3.37. The Bertz CT molecular complexity index is 510. The van der Waals surface area contributed by atoms with Gasteiger partial charge in [0.25, 0.3) is 6.27 Å². The second-order valence-electron chi connectivity index (χ2n) is 2.26. The average molecular weight is 217 g/mol. The quantitative estimate of drug-likeness (QED) is 0.291. The predicted octanol–water partition coefficient (Wildman–Crippen LogP) is 0.145. The van der Waals surface area contributed by atoms with E-state index in [0.717, 1.165) is 0 Å². The summed E-state index contributed by atoms with van der Waals surface area (Å²) >= 11 is 0. The van der Waals surface area contributed by atoms with Crippen molar-refractivity contribution in [1.82, 2.24) is 0 Å². The summed E-state index contributed by atoms with van der Waals surface area (Å²) in [7, 11) is 0. The van der Waals surface area contributed by atoms with Crippen molar-refractivity contribution >= 4 is 11.9 Å². The minimum absolute atomic E-state index is 0.636. The highest BCUT2D eigenvalue weighted by molar-refractivity contribution is 5.68. The van der Waals surface area contributed by atoms with Crippen molar-refractivity contribution in [2.45, 2.75) is 20.1 Å². The number of hydrogen-bond donors (Lipinski definition) is 0. The summed E-state index contributed by atoms with van der Waals surface area (Å²) in [5.41, 5.74) is 0. The lowest BCUT2D eigenvalue weighted by molar-refractivity contribution is -0.876. The molecular weight excluding hydrogens is 187 g/mol. The van der Waals surface area contributed by atoms with Crippen LogP contribution in [0.3, 0.4) is 0 Å². The molecule has 0 radical (unpaired) electrons. The first kappa shape index (κ1) is 3.20. The summed E-state index contributed by atoms with van der Waals surface area (Å²) in [6.45, 7) is -15.4. The largest absolute Gasteiger partial charge is 0.419 e. The van der Waals surface area contributed by atoms with Gasteiger partial charge in [0, 0.05) is 13.8 Å². The Balaban J connectivity index is 7.20. The summed E-state index contributed by atoms with van der Waals surface area (Å²) in [5, 5.41) is 0. The van der Waals surface area contributed by atoms with E-state index in [1.807, 2.05) is 0 Å². The van der Waals surface area contributed by atoms with Gasteiger partial charge in [-0.15, -0.1) is 0 Å². The Morgan fingerprint density at radius 1 is 1.36 bits per heavy atom. The van der Waals surface area contributed by atoms with Gasteiger partial charge in [0.1, 0.15) is 4.11 Å². The third-order valence-electron chi connectivity index (χ3n) is 0.732. The van der Waals surface area contributed by atoms with Crippen LogP contribution < -0.4 is 0 Å². The maximum Gasteiger partial charge on any atom is 0.305 e. The topological polar surface area (TPSA) is 52.6 Å². The molecule has 5 nitrogen and oxygen atoms in total. The fraction of sp³-hybridized carbons (Fsp3) is 0.778. The van der Waals surface area contributed by atoms with Crippen LogP contribution in [0.25, 0.3) is 0 Å². The van der Waals surface area contributed by atoms with Crippen LogP contribution in [0.15, 0.2) is 0 Å². The molecule has 82 valence electrons. The lowest BCUT2D eigenvalue weighted by Crippen LogP contribution is -2.44. The normalized spacial score (nSPS) is 28.4. The molecule has 0 spiro atoms. The van der Waals surface area contributed by atoms with E-state index in [4.69, 9.17) is 16.4 Å². The fourth-order valence-corrected chi connectivity index (χ4v) is 0.464. The Morgan fingerprint density at radius 2 is 1.79 bits per heavy atom. The molecule has 0 atom stereocenters. The molecule has 0 aliphatic heterocycles. The first-order valence-electron chi connectivity index (χ1n) is 9.37. The van der Waals surface area contributed by atoms with Crippen LogP contribution in [0, 0.1) is 0 Å². The van der Waals surface area contributed by atoms with Gasteiger partial charge in [-0.3, -0.25) is 9.59 Å². The number of hydrogen-bond acceptors (Lipinski definition) is 4. The highest BCUT2D eigenvalue weighted by Gasteiger charge is 2.23. The predicted molar refractivity (Wildman–Crippen MR) is 50.2 cm³/mol. The molecule has 0 aromatic heterocycles. The van der Waals surface area contributed by atoms with Crippen molar-refractivity contribution in [3.63, 3.8) is 0 Å². The second-order valence-corrected chi connectivity index (χ2v) is 2.26. The molecule has 0 aliphatic carbocycles. The average Bonchev–Trinajstić information content (AvgIpc) is 2.18. The number of esters is 2. The van der Waals surface area contributed by atoms with Gasteiger partial charge < -0.3 is 14.0 Å². The smallest absolute Gasteiger partial charge is 0.305 e. The number of likely N-dealkylation sites (N-methyl/N-ethyl adjacent to an activating group) is 1. The zero-order valence-electron chi connectivity index (χ0n) is 19.6. The summed E-state index contributed by atoms with van der Waals surface area (Å²) in [6, 6.07) is 0. The Morgan fingerprint density at radius 3 is 2.07 bits per heavy atom. The lowest BCUT2D eigenvalue weighted by atomic mass is 10.6. The van der Waals surface area contributed by atoms with Crippen molar-refractivity contribution in [3.05, 3.63) is 0 Å². The van der Waals surface area contributed by atoms with E-state index in [-0.39, 0.29) is 0 Å². The SMILES string of the molecule is [2H]C(OC(C)=O)(OC(C)=O)C([2H])([2H])[15N+](C([2H])([2H])[2H])(C([2H])([2H])[2H])C([2H])([2H])[2H]. The molecule has 0 heterocycles. The van der Waals surface area contributed by atoms with Gasteiger partial charge in [0.2, 0.25) is 0 Å². The molecule has 0 unspecified atom stereocenters. The van der Waals surface area contributed by atoms with E-state index in [2.05, 4.69) is 9.47 Å². The lowest BCUT2D eigenvalue weighted by Gasteiger charge is -2.27. The standard InChI is InChI=1S/C9H18NO4/c1-7(11)13-9(14-8(2)12)6-10(3,4)5/h9H,6H2,1-5H3/q+1/i3D3,4D3,5D3,6D2,9D,10+1. The minimum atomic E-state index is -4.29. The van der Waals surface area contributed by atoms with E-state index in [1.165, 1.54) is 0 Å². The number of rotatable bonds is 4. The number of carbonyl (C=O) groups excluding carboxylic acids is 2. The highest BCUT2D eigenvalue weighted by Crippen LogP contribution is 2.02. The molecule has 0 aromatic carbocycles. The van der Waals surface area contributed by atoms with Gasteiger partial charge in [-0.25, -0.2) is 0 Å². The van der Waals surface area contributed by atoms with E-state index in [0.29, 0.717) is 13.8 Å². The van der Waals surface area contributed by atoms with E-state index >= 15 is 0 Å². The molecule has 0 aliphatic rings. The van der Waals surface area contributed by atoms with Crippen molar-refractivity contribution in [3.8, 4) is 0 Å². The van der Waals surface area contributed by atoms with Crippen LogP contribution in [0.4, 0.5) is 0 Å². The zero-order chi connectivity index (χ0) is 21.6. The van der Waals surface area contributed by atoms with Gasteiger partial charge >= 0.3 is 11.9 Å². The van der Waals surface area contributed by atoms with Gasteiger partial charge in [-0.1, -0.05) is 0 Å². The first-order chi connectivity index (χ1) is 11.1. The Hall–Kier alpha value is -1.10. The molecule has 0 aromatic rings. The van der Waals surface area contributed by atoms with E-state index in [9.17, 15) is 9.59 Å². The van der Waals surface area contributed by atoms with Crippen LogP contribution >= 0.6 is 0 Å². The van der Waals surface area contributed by atoms with Crippen LogP contribution in [0.2, 0.25) is 0 Å². The van der Waals surface area contributed by atoms with Gasteiger partial charge in [0.15, 0.2) is 6.50 Å². The number of quaternary nitrogens is 1. The Labute approximate surface area is 101 Å². The van der Waals surface area contributed by atoms with Crippen LogP contribution in [-0.2, 0) is 19.1 Å². The van der Waals surface area contributed by atoms with Crippen molar-refractivity contribution in [2.75, 3.05) is 27.4 Å².